The first-order valence-electron chi connectivity index (χ1n) is 12.5. The Hall–Kier alpha value is -2.18. The second kappa shape index (κ2) is 8.88. The number of esters is 1. The van der Waals surface area contributed by atoms with Crippen molar-refractivity contribution in [3.8, 4) is 0 Å². The summed E-state index contributed by atoms with van der Waals surface area (Å²) in [6.45, 7) is 5.90. The molecule has 7 nitrogen and oxygen atoms in total. The van der Waals surface area contributed by atoms with Gasteiger partial charge in [-0.15, -0.1) is 0 Å². The molecule has 0 radical (unpaired) electrons. The van der Waals surface area contributed by atoms with Crippen molar-refractivity contribution in [1.82, 2.24) is 5.32 Å². The van der Waals surface area contributed by atoms with Gasteiger partial charge in [-0.25, -0.2) is 4.79 Å². The molecule has 4 rings (SSSR count). The summed E-state index contributed by atoms with van der Waals surface area (Å²) in [6.07, 6.45) is 9.51. The van der Waals surface area contributed by atoms with E-state index in [-0.39, 0.29) is 41.5 Å². The van der Waals surface area contributed by atoms with Crippen molar-refractivity contribution < 1.29 is 29.0 Å². The lowest BCUT2D eigenvalue weighted by molar-refractivity contribution is -0.160. The first-order valence-corrected chi connectivity index (χ1v) is 12.5. The molecule has 182 valence electrons. The van der Waals surface area contributed by atoms with Gasteiger partial charge in [0.05, 0.1) is 0 Å². The number of fused-ring (bicyclic) bond motifs is 5. The molecule has 7 heteroatoms. The van der Waals surface area contributed by atoms with Crippen molar-refractivity contribution in [3.05, 3.63) is 11.6 Å². The molecule has 0 aliphatic heterocycles. The minimum absolute atomic E-state index is 0.0253. The minimum atomic E-state index is -1.15. The Bertz CT molecular complexity index is 880. The number of ketones is 1. The molecule has 2 N–H and O–H groups in total. The number of rotatable bonds is 6. The molecule has 7 atom stereocenters. The third kappa shape index (κ3) is 4.35. The van der Waals surface area contributed by atoms with Crippen LogP contribution >= 0.6 is 0 Å². The van der Waals surface area contributed by atoms with E-state index in [2.05, 4.69) is 19.2 Å². The number of nitrogens with one attached hydrogen (secondary N) is 1. The molecule has 3 saturated carbocycles. The van der Waals surface area contributed by atoms with E-state index in [1.54, 1.807) is 0 Å². The van der Waals surface area contributed by atoms with Crippen molar-refractivity contribution in [1.29, 1.82) is 0 Å². The second-order valence-electron chi connectivity index (χ2n) is 11.2. The normalized spacial score (nSPS) is 38.3. The summed E-state index contributed by atoms with van der Waals surface area (Å²) in [4.78, 5) is 47.2. The van der Waals surface area contributed by atoms with E-state index in [0.29, 0.717) is 24.2 Å². The zero-order valence-electron chi connectivity index (χ0n) is 20.0. The van der Waals surface area contributed by atoms with Crippen LogP contribution in [-0.2, 0) is 23.9 Å². The smallest absolute Gasteiger partial charge is 0.326 e. The maximum atomic E-state index is 12.6. The van der Waals surface area contributed by atoms with Gasteiger partial charge in [-0.3, -0.25) is 14.4 Å². The van der Waals surface area contributed by atoms with Gasteiger partial charge in [-0.05, 0) is 80.6 Å². The van der Waals surface area contributed by atoms with Crippen LogP contribution in [0.1, 0.15) is 85.0 Å². The van der Waals surface area contributed by atoms with Gasteiger partial charge in [-0.2, -0.15) is 0 Å². The van der Waals surface area contributed by atoms with Crippen LogP contribution in [0.5, 0.6) is 0 Å². The summed E-state index contributed by atoms with van der Waals surface area (Å²) in [6, 6.07) is -1.08. The molecule has 3 fully saturated rings. The number of allylic oxidation sites excluding steroid dienone is 1. The zero-order valence-corrected chi connectivity index (χ0v) is 20.0. The lowest BCUT2D eigenvalue weighted by Gasteiger charge is -2.57. The fourth-order valence-electron chi connectivity index (χ4n) is 7.69. The summed E-state index contributed by atoms with van der Waals surface area (Å²) in [5.41, 5.74) is 1.43. The van der Waals surface area contributed by atoms with E-state index >= 15 is 0 Å². The van der Waals surface area contributed by atoms with Gasteiger partial charge in [-0.1, -0.05) is 19.4 Å². The molecule has 0 aromatic carbocycles. The average molecular weight is 460 g/mol. The highest BCUT2D eigenvalue weighted by atomic mass is 16.5. The Kier molecular flexibility index (Phi) is 6.45. The topological polar surface area (TPSA) is 110 Å². The SMILES string of the molecule is CC(=O)N[C@@H](CCC(=O)O[C@H]1CC[C@H]2[C@@H]3CCC4=CC(=O)CC[C@]4(C)[C@H]3CC[C@]12C)C(=O)O. The molecule has 4 aliphatic rings. The van der Waals surface area contributed by atoms with Gasteiger partial charge in [0.2, 0.25) is 5.91 Å². The van der Waals surface area contributed by atoms with Crippen LogP contribution < -0.4 is 5.32 Å². The minimum Gasteiger partial charge on any atom is -0.480 e. The van der Waals surface area contributed by atoms with E-state index in [4.69, 9.17) is 4.74 Å². The van der Waals surface area contributed by atoms with Gasteiger partial charge in [0.15, 0.2) is 5.78 Å². The molecule has 33 heavy (non-hydrogen) atoms. The summed E-state index contributed by atoms with van der Waals surface area (Å²) < 4.78 is 5.94. The first-order chi connectivity index (χ1) is 15.5. The predicted octanol–water partition coefficient (Wildman–Crippen LogP) is 3.80. The number of amides is 1. The molecule has 0 heterocycles. The predicted molar refractivity (Wildman–Crippen MR) is 121 cm³/mol. The summed E-state index contributed by atoms with van der Waals surface area (Å²) in [5.74, 6) is 0.0144. The number of carbonyl (C=O) groups excluding carboxylic acids is 3. The van der Waals surface area contributed by atoms with Gasteiger partial charge in [0.1, 0.15) is 12.1 Å². The monoisotopic (exact) mass is 459 g/mol. The molecule has 0 aromatic rings. The van der Waals surface area contributed by atoms with E-state index < -0.39 is 17.9 Å². The van der Waals surface area contributed by atoms with E-state index in [1.807, 2.05) is 6.08 Å². The summed E-state index contributed by atoms with van der Waals surface area (Å²) in [5, 5.41) is 11.6. The summed E-state index contributed by atoms with van der Waals surface area (Å²) >= 11 is 0. The molecule has 4 aliphatic carbocycles. The quantitative estimate of drug-likeness (QED) is 0.585. The Morgan fingerprint density at radius 3 is 2.58 bits per heavy atom. The van der Waals surface area contributed by atoms with Crippen molar-refractivity contribution in [3.63, 3.8) is 0 Å². The number of hydrogen-bond acceptors (Lipinski definition) is 5. The van der Waals surface area contributed by atoms with Crippen LogP contribution in [0.25, 0.3) is 0 Å². The largest absolute Gasteiger partial charge is 0.480 e. The fourth-order valence-corrected chi connectivity index (χ4v) is 7.69. The van der Waals surface area contributed by atoms with Crippen molar-refractivity contribution in [2.24, 2.45) is 28.6 Å². The van der Waals surface area contributed by atoms with Crippen LogP contribution in [0.3, 0.4) is 0 Å². The Morgan fingerprint density at radius 1 is 1.12 bits per heavy atom. The number of ether oxygens (including phenoxy) is 1. The molecular weight excluding hydrogens is 422 g/mol. The van der Waals surface area contributed by atoms with Crippen LogP contribution in [0.2, 0.25) is 0 Å². The number of carbonyl (C=O) groups is 4. The molecular formula is C26H37NO6. The molecule has 0 spiro atoms. The maximum absolute atomic E-state index is 12.6. The van der Waals surface area contributed by atoms with E-state index in [9.17, 15) is 24.3 Å². The zero-order chi connectivity index (χ0) is 24.0. The highest BCUT2D eigenvalue weighted by Crippen LogP contribution is 2.65. The van der Waals surface area contributed by atoms with E-state index in [1.165, 1.54) is 12.5 Å². The lowest BCUT2D eigenvalue weighted by Crippen LogP contribution is -2.51. The Balaban J connectivity index is 1.40. The molecule has 0 bridgehead atoms. The third-order valence-electron chi connectivity index (χ3n) is 9.46. The van der Waals surface area contributed by atoms with E-state index in [0.717, 1.165) is 44.9 Å². The van der Waals surface area contributed by atoms with Crippen molar-refractivity contribution in [2.75, 3.05) is 0 Å². The maximum Gasteiger partial charge on any atom is 0.326 e. The van der Waals surface area contributed by atoms with Crippen LogP contribution in [0.4, 0.5) is 0 Å². The highest BCUT2D eigenvalue weighted by Gasteiger charge is 2.59. The Morgan fingerprint density at radius 2 is 1.88 bits per heavy atom. The lowest BCUT2D eigenvalue weighted by atomic mass is 9.47. The second-order valence-corrected chi connectivity index (χ2v) is 11.2. The standard InChI is InChI=1S/C26H37NO6/c1-15(28)27-21(24(31)32)7-9-23(30)33-22-8-6-19-18-5-4-16-14-17(29)10-12-25(16,2)20(18)11-13-26(19,22)3/h14,18-22H,4-13H2,1-3H3,(H,27,28)(H,31,32)/t18-,19-,20-,21-,22-,25-,26-/m0/s1. The first kappa shape index (κ1) is 24.0. The highest BCUT2D eigenvalue weighted by molar-refractivity contribution is 5.91. The molecule has 1 amide bonds. The number of aliphatic carboxylic acids is 1. The van der Waals surface area contributed by atoms with Crippen LogP contribution in [-0.4, -0.2) is 40.9 Å². The van der Waals surface area contributed by atoms with Crippen LogP contribution in [0.15, 0.2) is 11.6 Å². The molecule has 0 unspecified atom stereocenters. The summed E-state index contributed by atoms with van der Waals surface area (Å²) in [7, 11) is 0. The number of hydrogen-bond donors (Lipinski definition) is 2. The van der Waals surface area contributed by atoms with Gasteiger partial charge in [0, 0.05) is 25.2 Å². The molecule has 0 aromatic heterocycles. The molecule has 0 saturated heterocycles. The van der Waals surface area contributed by atoms with Gasteiger partial charge in [0.25, 0.3) is 0 Å². The number of carboxylic acids is 1. The van der Waals surface area contributed by atoms with Crippen molar-refractivity contribution in [2.45, 2.75) is 97.1 Å². The third-order valence-corrected chi connectivity index (χ3v) is 9.46. The van der Waals surface area contributed by atoms with Crippen LogP contribution in [0, 0.1) is 28.6 Å². The number of carboxylic acid groups (broad SMARTS) is 1. The average Bonchev–Trinajstić information content (AvgIpc) is 3.07. The Labute approximate surface area is 195 Å². The van der Waals surface area contributed by atoms with Gasteiger partial charge < -0.3 is 15.2 Å². The van der Waals surface area contributed by atoms with Crippen molar-refractivity contribution >= 4 is 23.6 Å². The van der Waals surface area contributed by atoms with Gasteiger partial charge >= 0.3 is 11.9 Å². The fraction of sp³-hybridized carbons (Fsp3) is 0.769.